The number of nitrogens with zero attached hydrogens (tertiary/aromatic N) is 2. The van der Waals surface area contributed by atoms with Gasteiger partial charge in [-0.25, -0.2) is 9.78 Å². The quantitative estimate of drug-likeness (QED) is 0.889. The summed E-state index contributed by atoms with van der Waals surface area (Å²) < 4.78 is 6.63. The number of carboxylic acid groups (broad SMARTS) is 1. The van der Waals surface area contributed by atoms with Crippen LogP contribution in [0.1, 0.15) is 26.8 Å². The van der Waals surface area contributed by atoms with Gasteiger partial charge in [-0.3, -0.25) is 4.40 Å². The summed E-state index contributed by atoms with van der Waals surface area (Å²) in [5.41, 5.74) is 1.61. The highest BCUT2D eigenvalue weighted by atomic mass is 32.1. The molecule has 0 saturated carbocycles. The van der Waals surface area contributed by atoms with Crippen molar-refractivity contribution >= 4 is 22.3 Å². The van der Waals surface area contributed by atoms with Crippen LogP contribution in [0.25, 0.3) is 4.96 Å². The van der Waals surface area contributed by atoms with Gasteiger partial charge < -0.3 is 9.84 Å². The number of hydrogen-bond acceptors (Lipinski definition) is 4. The summed E-state index contributed by atoms with van der Waals surface area (Å²) >= 11 is 1.49. The molecule has 0 aliphatic rings. The lowest BCUT2D eigenvalue weighted by Crippen LogP contribution is -2.07. The van der Waals surface area contributed by atoms with E-state index in [1.165, 1.54) is 18.4 Å². The van der Waals surface area contributed by atoms with E-state index in [1.54, 1.807) is 4.40 Å². The van der Waals surface area contributed by atoms with Crippen LogP contribution in [0.15, 0.2) is 0 Å². The SMILES string of the molecule is COCc1nc2sc(C)c(C)n2c1C(=O)O. The Morgan fingerprint density at radius 3 is 2.81 bits per heavy atom. The van der Waals surface area contributed by atoms with Crippen molar-refractivity contribution < 1.29 is 14.6 Å². The van der Waals surface area contributed by atoms with Crippen molar-refractivity contribution in [3.05, 3.63) is 22.0 Å². The van der Waals surface area contributed by atoms with Crippen LogP contribution in [0.5, 0.6) is 0 Å². The molecule has 6 heteroatoms. The minimum atomic E-state index is -0.972. The first-order valence-corrected chi connectivity index (χ1v) is 5.57. The molecular formula is C10H12N2O3S. The van der Waals surface area contributed by atoms with Gasteiger partial charge in [-0.05, 0) is 13.8 Å². The third-order valence-electron chi connectivity index (χ3n) is 2.49. The number of hydrogen-bond donors (Lipinski definition) is 1. The van der Waals surface area contributed by atoms with E-state index >= 15 is 0 Å². The number of rotatable bonds is 3. The van der Waals surface area contributed by atoms with Crippen LogP contribution in [-0.2, 0) is 11.3 Å². The second kappa shape index (κ2) is 3.88. The highest BCUT2D eigenvalue weighted by molar-refractivity contribution is 7.17. The molecule has 2 heterocycles. The number of carbonyl (C=O) groups is 1. The summed E-state index contributed by atoms with van der Waals surface area (Å²) in [4.78, 5) is 17.3. The van der Waals surface area contributed by atoms with Gasteiger partial charge in [0.25, 0.3) is 0 Å². The van der Waals surface area contributed by atoms with Gasteiger partial charge in [0.05, 0.1) is 6.61 Å². The predicted octanol–water partition coefficient (Wildman–Crippen LogP) is 1.86. The van der Waals surface area contributed by atoms with E-state index in [4.69, 9.17) is 4.74 Å². The maximum atomic E-state index is 11.2. The molecule has 86 valence electrons. The van der Waals surface area contributed by atoms with Crippen molar-refractivity contribution in [3.8, 4) is 0 Å². The number of aryl methyl sites for hydroxylation is 2. The normalized spacial score (nSPS) is 11.2. The lowest BCUT2D eigenvalue weighted by atomic mass is 10.3. The lowest BCUT2D eigenvalue weighted by Gasteiger charge is -1.99. The zero-order chi connectivity index (χ0) is 11.9. The molecule has 0 aliphatic heterocycles. The molecule has 16 heavy (non-hydrogen) atoms. The van der Waals surface area contributed by atoms with Crippen LogP contribution in [0.2, 0.25) is 0 Å². The molecule has 0 aliphatic carbocycles. The number of ether oxygens (including phenoxy) is 1. The van der Waals surface area contributed by atoms with Crippen LogP contribution in [0.3, 0.4) is 0 Å². The van der Waals surface area contributed by atoms with Crippen LogP contribution in [-0.4, -0.2) is 27.6 Å². The van der Waals surface area contributed by atoms with Crippen molar-refractivity contribution in [1.82, 2.24) is 9.38 Å². The van der Waals surface area contributed by atoms with Gasteiger partial charge in [0.1, 0.15) is 5.69 Å². The number of imidazole rings is 1. The average Bonchev–Trinajstić information content (AvgIpc) is 2.66. The number of methoxy groups -OCH3 is 1. The van der Waals surface area contributed by atoms with E-state index in [9.17, 15) is 9.90 Å². The first-order chi connectivity index (χ1) is 7.56. The molecule has 0 aromatic carbocycles. The molecule has 2 aromatic rings. The number of aromatic nitrogens is 2. The highest BCUT2D eigenvalue weighted by Crippen LogP contribution is 2.25. The highest BCUT2D eigenvalue weighted by Gasteiger charge is 2.21. The number of thiazole rings is 1. The van der Waals surface area contributed by atoms with Crippen molar-refractivity contribution in [1.29, 1.82) is 0 Å². The van der Waals surface area contributed by atoms with Gasteiger partial charge in [-0.2, -0.15) is 0 Å². The standard InChI is InChI=1S/C10H12N2O3S/c1-5-6(2)16-10-11-7(4-15-3)8(9(13)14)12(5)10/h4H2,1-3H3,(H,13,14). The number of carboxylic acids is 1. The summed E-state index contributed by atoms with van der Waals surface area (Å²) in [5, 5.41) is 9.20. The van der Waals surface area contributed by atoms with Gasteiger partial charge in [-0.1, -0.05) is 0 Å². The molecule has 0 amide bonds. The van der Waals surface area contributed by atoms with E-state index in [-0.39, 0.29) is 12.3 Å². The van der Waals surface area contributed by atoms with Gasteiger partial charge >= 0.3 is 5.97 Å². The first-order valence-electron chi connectivity index (χ1n) is 4.75. The zero-order valence-corrected chi connectivity index (χ0v) is 10.1. The maximum Gasteiger partial charge on any atom is 0.354 e. The Hall–Kier alpha value is -1.40. The Morgan fingerprint density at radius 2 is 2.25 bits per heavy atom. The summed E-state index contributed by atoms with van der Waals surface area (Å²) in [6, 6.07) is 0. The molecular weight excluding hydrogens is 228 g/mol. The molecule has 0 unspecified atom stereocenters. The van der Waals surface area contributed by atoms with Crippen LogP contribution >= 0.6 is 11.3 Å². The summed E-state index contributed by atoms with van der Waals surface area (Å²) in [5.74, 6) is -0.972. The van der Waals surface area contributed by atoms with Crippen LogP contribution in [0, 0.1) is 13.8 Å². The van der Waals surface area contributed by atoms with Crippen LogP contribution < -0.4 is 0 Å². The van der Waals surface area contributed by atoms with E-state index in [2.05, 4.69) is 4.98 Å². The van der Waals surface area contributed by atoms with Crippen molar-refractivity contribution in [2.75, 3.05) is 7.11 Å². The fourth-order valence-electron chi connectivity index (χ4n) is 1.65. The number of aromatic carboxylic acids is 1. The third kappa shape index (κ3) is 1.50. The molecule has 2 rings (SSSR count). The smallest absolute Gasteiger partial charge is 0.354 e. The molecule has 1 N–H and O–H groups in total. The molecule has 0 saturated heterocycles. The predicted molar refractivity (Wildman–Crippen MR) is 60.2 cm³/mol. The Labute approximate surface area is 96.3 Å². The minimum absolute atomic E-state index is 0.207. The second-order valence-corrected chi connectivity index (χ2v) is 4.69. The fourth-order valence-corrected chi connectivity index (χ4v) is 2.64. The first kappa shape index (κ1) is 11.1. The van der Waals surface area contributed by atoms with E-state index in [0.29, 0.717) is 10.7 Å². The van der Waals surface area contributed by atoms with Gasteiger partial charge in [0.15, 0.2) is 10.7 Å². The molecule has 0 radical (unpaired) electrons. The van der Waals surface area contributed by atoms with Gasteiger partial charge in [0, 0.05) is 17.7 Å². The van der Waals surface area contributed by atoms with Gasteiger partial charge in [0.2, 0.25) is 0 Å². The van der Waals surface area contributed by atoms with Crippen molar-refractivity contribution in [2.24, 2.45) is 0 Å². The average molecular weight is 240 g/mol. The molecule has 0 fully saturated rings. The molecule has 2 aromatic heterocycles. The summed E-state index contributed by atoms with van der Waals surface area (Å²) in [6.45, 7) is 4.06. The Kier molecular flexibility index (Phi) is 2.69. The van der Waals surface area contributed by atoms with Crippen LogP contribution in [0.4, 0.5) is 0 Å². The lowest BCUT2D eigenvalue weighted by molar-refractivity contribution is 0.0683. The summed E-state index contributed by atoms with van der Waals surface area (Å²) in [6.07, 6.45) is 0. The van der Waals surface area contributed by atoms with E-state index in [1.807, 2.05) is 13.8 Å². The van der Waals surface area contributed by atoms with Crippen molar-refractivity contribution in [2.45, 2.75) is 20.5 Å². The Balaban J connectivity index is 2.75. The second-order valence-electron chi connectivity index (χ2n) is 3.51. The van der Waals surface area contributed by atoms with Gasteiger partial charge in [-0.15, -0.1) is 11.3 Å². The van der Waals surface area contributed by atoms with E-state index < -0.39 is 5.97 Å². The largest absolute Gasteiger partial charge is 0.477 e. The zero-order valence-electron chi connectivity index (χ0n) is 9.27. The molecule has 5 nitrogen and oxygen atoms in total. The molecule has 0 bridgehead atoms. The third-order valence-corrected chi connectivity index (χ3v) is 3.55. The molecule has 0 spiro atoms. The summed E-state index contributed by atoms with van der Waals surface area (Å²) in [7, 11) is 1.52. The number of fused-ring (bicyclic) bond motifs is 1. The fraction of sp³-hybridized carbons (Fsp3) is 0.400. The van der Waals surface area contributed by atoms with E-state index in [0.717, 1.165) is 10.6 Å². The molecule has 0 atom stereocenters. The Bertz CT molecular complexity index is 556. The topological polar surface area (TPSA) is 63.8 Å². The minimum Gasteiger partial charge on any atom is -0.477 e. The monoisotopic (exact) mass is 240 g/mol. The Morgan fingerprint density at radius 1 is 1.56 bits per heavy atom. The van der Waals surface area contributed by atoms with Crippen molar-refractivity contribution in [3.63, 3.8) is 0 Å². The maximum absolute atomic E-state index is 11.2.